The van der Waals surface area contributed by atoms with Crippen molar-refractivity contribution in [2.45, 2.75) is 65.3 Å². The Morgan fingerprint density at radius 3 is 2.56 bits per heavy atom. The van der Waals surface area contributed by atoms with Gasteiger partial charge in [0.2, 0.25) is 5.88 Å². The fourth-order valence-corrected chi connectivity index (χ4v) is 4.51. The minimum absolute atomic E-state index is 0.121. The number of ether oxygens (including phenoxy) is 2. The Morgan fingerprint density at radius 2 is 1.94 bits per heavy atom. The Hall–Kier alpha value is -2.68. The first-order chi connectivity index (χ1) is 14.9. The highest BCUT2D eigenvalue weighted by Crippen LogP contribution is 2.43. The van der Waals surface area contributed by atoms with Crippen LogP contribution >= 0.6 is 11.6 Å². The lowest BCUT2D eigenvalue weighted by molar-refractivity contribution is 0.00764. The molecule has 1 fully saturated rings. The van der Waals surface area contributed by atoms with Crippen molar-refractivity contribution in [3.8, 4) is 5.88 Å². The molecule has 1 amide bonds. The molecule has 0 aromatic carbocycles. The average molecular weight is 465 g/mol. The van der Waals surface area contributed by atoms with Crippen LogP contribution in [-0.4, -0.2) is 64.1 Å². The number of carbonyl (C=O) groups excluding carboxylic acids is 2. The highest BCUT2D eigenvalue weighted by atomic mass is 35.5. The zero-order valence-corrected chi connectivity index (χ0v) is 19.7. The maximum Gasteiger partial charge on any atom is 0.410 e. The number of pyridine rings is 2. The van der Waals surface area contributed by atoms with E-state index in [2.05, 4.69) is 9.97 Å². The monoisotopic (exact) mass is 464 g/mol. The molecule has 2 aliphatic heterocycles. The number of nitrogens with zero attached hydrogens (tertiary/aromatic N) is 4. The van der Waals surface area contributed by atoms with Crippen LogP contribution in [0.3, 0.4) is 0 Å². The van der Waals surface area contributed by atoms with Gasteiger partial charge in [0.05, 0.1) is 11.4 Å². The summed E-state index contributed by atoms with van der Waals surface area (Å²) in [5.74, 6) is -0.159. The predicted octanol–water partition coefficient (Wildman–Crippen LogP) is 4.14. The van der Waals surface area contributed by atoms with Crippen LogP contribution in [0.5, 0.6) is 5.88 Å². The van der Waals surface area contributed by atoms with Crippen LogP contribution < -0.4 is 9.64 Å². The molecule has 4 heterocycles. The second-order valence-electron chi connectivity index (χ2n) is 9.36. The summed E-state index contributed by atoms with van der Waals surface area (Å²) < 4.78 is 26.8. The third kappa shape index (κ3) is 3.62. The van der Waals surface area contributed by atoms with Crippen molar-refractivity contribution >= 4 is 40.6 Å². The van der Waals surface area contributed by atoms with Gasteiger partial charge in [0.15, 0.2) is 17.3 Å². The predicted molar refractivity (Wildman–Crippen MR) is 118 cm³/mol. The van der Waals surface area contributed by atoms with E-state index in [1.165, 1.54) is 0 Å². The van der Waals surface area contributed by atoms with Gasteiger partial charge in [-0.25, -0.2) is 14.2 Å². The smallest absolute Gasteiger partial charge is 0.410 e. The maximum atomic E-state index is 15.1. The third-order valence-electron chi connectivity index (χ3n) is 5.90. The molecular weight excluding hydrogens is 439 g/mol. The van der Waals surface area contributed by atoms with Crippen LogP contribution in [0.4, 0.5) is 15.0 Å². The number of carbonyl (C=O) groups is 2. The summed E-state index contributed by atoms with van der Waals surface area (Å²) in [6.45, 7) is 11.5. The quantitative estimate of drug-likeness (QED) is 0.463. The molecule has 2 aromatic heterocycles. The number of amides is 1. The molecule has 3 atom stereocenters. The largest absolute Gasteiger partial charge is 0.472 e. The number of fused-ring (bicyclic) bond motifs is 2. The zero-order valence-electron chi connectivity index (χ0n) is 18.9. The summed E-state index contributed by atoms with van der Waals surface area (Å²) in [5, 5.41) is 0.213. The number of rotatable bonds is 1. The number of hydrogen-bond acceptors (Lipinski definition) is 7. The minimum atomic E-state index is -0.718. The van der Waals surface area contributed by atoms with Gasteiger partial charge in [-0.3, -0.25) is 4.79 Å². The van der Waals surface area contributed by atoms with Gasteiger partial charge in [0, 0.05) is 24.5 Å². The van der Waals surface area contributed by atoms with E-state index in [9.17, 15) is 9.59 Å². The first-order valence-electron chi connectivity index (χ1n) is 10.5. The number of aryl methyl sites for hydroxylation is 1. The number of piperazine rings is 1. The Bertz CT molecular complexity index is 1120. The SMILES string of the molecule is Cc1c(C=O)nc2c3c(nc(Cl)c(F)c13)O[C@@H](C)[C@@H]1CN(C(=O)OC(C)(C)C)C(C)CN21. The van der Waals surface area contributed by atoms with Gasteiger partial charge in [-0.15, -0.1) is 0 Å². The standard InChI is InChI=1S/C22H26ClFN4O4/c1-10-7-28-14(8-27(10)21(30)32-22(4,5)6)12(3)31-20-16-15(17(24)18(23)26-20)11(2)13(9-29)25-19(16)28/h9-10,12,14H,7-8H2,1-6H3/t10?,12-,14-/m0/s1. The van der Waals surface area contributed by atoms with E-state index >= 15 is 4.39 Å². The molecule has 172 valence electrons. The van der Waals surface area contributed by atoms with Crippen molar-refractivity contribution in [1.82, 2.24) is 14.9 Å². The highest BCUT2D eigenvalue weighted by Gasteiger charge is 2.43. The van der Waals surface area contributed by atoms with E-state index in [0.717, 1.165) is 0 Å². The molecule has 4 rings (SSSR count). The molecule has 1 saturated heterocycles. The summed E-state index contributed by atoms with van der Waals surface area (Å²) in [4.78, 5) is 36.9. The Balaban J connectivity index is 1.86. The summed E-state index contributed by atoms with van der Waals surface area (Å²) >= 11 is 6.06. The molecule has 8 nitrogen and oxygen atoms in total. The average Bonchev–Trinajstić information content (AvgIpc) is 2.79. The van der Waals surface area contributed by atoms with Gasteiger partial charge in [0.1, 0.15) is 23.2 Å². The van der Waals surface area contributed by atoms with E-state index in [0.29, 0.717) is 36.1 Å². The van der Waals surface area contributed by atoms with E-state index in [1.54, 1.807) is 11.8 Å². The molecule has 0 spiro atoms. The number of aromatic nitrogens is 2. The number of anilines is 1. The molecule has 10 heteroatoms. The van der Waals surface area contributed by atoms with Crippen LogP contribution in [0.1, 0.15) is 50.7 Å². The van der Waals surface area contributed by atoms with E-state index in [4.69, 9.17) is 21.1 Å². The van der Waals surface area contributed by atoms with Gasteiger partial charge in [-0.2, -0.15) is 4.98 Å². The molecule has 0 saturated carbocycles. The van der Waals surface area contributed by atoms with Crippen molar-refractivity contribution < 1.29 is 23.5 Å². The molecule has 0 N–H and O–H groups in total. The zero-order chi connectivity index (χ0) is 23.5. The maximum absolute atomic E-state index is 15.1. The minimum Gasteiger partial charge on any atom is -0.472 e. The first-order valence-corrected chi connectivity index (χ1v) is 10.9. The number of aldehydes is 1. The van der Waals surface area contributed by atoms with Gasteiger partial charge < -0.3 is 19.3 Å². The summed E-state index contributed by atoms with van der Waals surface area (Å²) in [6, 6.07) is -0.551. The second kappa shape index (κ2) is 7.72. The lowest BCUT2D eigenvalue weighted by Crippen LogP contribution is -2.63. The van der Waals surface area contributed by atoms with Gasteiger partial charge >= 0.3 is 6.09 Å². The topological polar surface area (TPSA) is 84.9 Å². The Morgan fingerprint density at radius 1 is 1.25 bits per heavy atom. The highest BCUT2D eigenvalue weighted by molar-refractivity contribution is 6.30. The van der Waals surface area contributed by atoms with Crippen LogP contribution in [0.15, 0.2) is 0 Å². The molecule has 0 aliphatic carbocycles. The van der Waals surface area contributed by atoms with Crippen LogP contribution in [-0.2, 0) is 4.74 Å². The second-order valence-corrected chi connectivity index (χ2v) is 9.72. The summed E-state index contributed by atoms with van der Waals surface area (Å²) in [7, 11) is 0. The van der Waals surface area contributed by atoms with E-state index < -0.39 is 23.6 Å². The fraction of sp³-hybridized carbons (Fsp3) is 0.545. The fourth-order valence-electron chi connectivity index (χ4n) is 4.34. The third-order valence-corrected chi connectivity index (χ3v) is 6.15. The van der Waals surface area contributed by atoms with Crippen LogP contribution in [0.2, 0.25) is 5.15 Å². The lowest BCUT2D eigenvalue weighted by Gasteiger charge is -2.46. The first kappa shape index (κ1) is 22.5. The number of halogens is 2. The van der Waals surface area contributed by atoms with Gasteiger partial charge in [-0.05, 0) is 47.1 Å². The van der Waals surface area contributed by atoms with Crippen molar-refractivity contribution in [2.24, 2.45) is 0 Å². The van der Waals surface area contributed by atoms with Crippen LogP contribution in [0, 0.1) is 12.7 Å². The lowest BCUT2D eigenvalue weighted by atomic mass is 10.0. The molecular formula is C22H26ClFN4O4. The van der Waals surface area contributed by atoms with Crippen molar-refractivity contribution in [3.63, 3.8) is 0 Å². The van der Waals surface area contributed by atoms with E-state index in [-0.39, 0.29) is 34.2 Å². The van der Waals surface area contributed by atoms with E-state index in [1.807, 2.05) is 39.5 Å². The van der Waals surface area contributed by atoms with Crippen molar-refractivity contribution in [2.75, 3.05) is 18.0 Å². The molecule has 0 radical (unpaired) electrons. The van der Waals surface area contributed by atoms with Crippen LogP contribution in [0.25, 0.3) is 10.8 Å². The summed E-state index contributed by atoms with van der Waals surface area (Å²) in [5.41, 5.74) is -0.135. The molecule has 2 aromatic rings. The number of hydrogen-bond donors (Lipinski definition) is 0. The molecule has 0 bridgehead atoms. The Kier molecular flexibility index (Phi) is 5.43. The van der Waals surface area contributed by atoms with Crippen molar-refractivity contribution in [1.29, 1.82) is 0 Å². The molecule has 2 aliphatic rings. The van der Waals surface area contributed by atoms with Gasteiger partial charge in [0.25, 0.3) is 0 Å². The normalized spacial score (nSPS) is 22.8. The molecule has 32 heavy (non-hydrogen) atoms. The Labute approximate surface area is 190 Å². The van der Waals surface area contributed by atoms with Gasteiger partial charge in [-0.1, -0.05) is 11.6 Å². The summed E-state index contributed by atoms with van der Waals surface area (Å²) in [6.07, 6.45) is -0.246. The molecule has 1 unspecified atom stereocenters. The van der Waals surface area contributed by atoms with Crippen molar-refractivity contribution in [3.05, 3.63) is 22.2 Å².